The molecular formula is C25H25ClN6O2S. The monoisotopic (exact) mass is 508 g/mol. The van der Waals surface area contributed by atoms with Gasteiger partial charge in [-0.05, 0) is 30.8 Å². The third kappa shape index (κ3) is 5.12. The van der Waals surface area contributed by atoms with E-state index in [4.69, 9.17) is 16.0 Å². The maximum Gasteiger partial charge on any atom is 0.275 e. The molecule has 0 N–H and O–H groups in total. The second kappa shape index (κ2) is 10.6. The van der Waals surface area contributed by atoms with Gasteiger partial charge in [-0.2, -0.15) is 0 Å². The number of hydrogen-bond donors (Lipinski definition) is 0. The number of likely N-dealkylation sites (N-methyl/N-ethyl adjacent to an activating group) is 1. The molecule has 35 heavy (non-hydrogen) atoms. The van der Waals surface area contributed by atoms with Crippen LogP contribution < -0.4 is 0 Å². The summed E-state index contributed by atoms with van der Waals surface area (Å²) in [5.74, 6) is 1.44. The Morgan fingerprint density at radius 2 is 1.77 bits per heavy atom. The van der Waals surface area contributed by atoms with Gasteiger partial charge in [0.05, 0.1) is 10.8 Å². The quantitative estimate of drug-likeness (QED) is 0.336. The number of halogens is 1. The summed E-state index contributed by atoms with van der Waals surface area (Å²) >= 11 is 7.90. The fraction of sp³-hybridized carbons (Fsp3) is 0.280. The van der Waals surface area contributed by atoms with E-state index in [1.165, 1.54) is 18.0 Å². The van der Waals surface area contributed by atoms with Gasteiger partial charge in [0, 0.05) is 37.4 Å². The topological polar surface area (TPSA) is 80.3 Å². The van der Waals surface area contributed by atoms with Crippen LogP contribution in [0, 0.1) is 0 Å². The third-order valence-electron chi connectivity index (χ3n) is 5.96. The average Bonchev–Trinajstić information content (AvgIpc) is 3.55. The van der Waals surface area contributed by atoms with Crippen LogP contribution in [0.5, 0.6) is 0 Å². The molecule has 1 amide bonds. The lowest BCUT2D eigenvalue weighted by molar-refractivity contribution is 0.0637. The molecule has 2 aromatic carbocycles. The second-order valence-corrected chi connectivity index (χ2v) is 9.45. The van der Waals surface area contributed by atoms with Gasteiger partial charge in [0.25, 0.3) is 5.91 Å². The van der Waals surface area contributed by atoms with Crippen molar-refractivity contribution in [3.05, 3.63) is 77.5 Å². The molecule has 0 radical (unpaired) electrons. The normalized spacial score (nSPS) is 14.4. The standard InChI is InChI=1S/C25H25ClN6O2S/c1-2-30-12-14-31(15-13-30)24(33)21-16-34-22(27-21)17-35-25-29-28-23(19-10-6-7-11-20(19)26)32(25)18-8-4-3-5-9-18/h3-11,16H,2,12-15,17H2,1H3. The number of para-hydroxylation sites is 1. The summed E-state index contributed by atoms with van der Waals surface area (Å²) in [7, 11) is 0. The summed E-state index contributed by atoms with van der Waals surface area (Å²) in [4.78, 5) is 21.5. The first kappa shape index (κ1) is 23.6. The van der Waals surface area contributed by atoms with Crippen molar-refractivity contribution in [1.29, 1.82) is 0 Å². The molecule has 0 aliphatic carbocycles. The lowest BCUT2D eigenvalue weighted by Crippen LogP contribution is -2.48. The molecule has 3 heterocycles. The van der Waals surface area contributed by atoms with E-state index in [0.29, 0.717) is 46.4 Å². The van der Waals surface area contributed by atoms with E-state index in [-0.39, 0.29) is 5.91 Å². The minimum atomic E-state index is -0.0887. The largest absolute Gasteiger partial charge is 0.447 e. The highest BCUT2D eigenvalue weighted by atomic mass is 35.5. The number of nitrogens with zero attached hydrogens (tertiary/aromatic N) is 6. The number of oxazole rings is 1. The highest BCUT2D eigenvalue weighted by molar-refractivity contribution is 7.98. The van der Waals surface area contributed by atoms with Crippen LogP contribution in [0.4, 0.5) is 0 Å². The molecule has 5 rings (SSSR count). The number of thioether (sulfide) groups is 1. The van der Waals surface area contributed by atoms with E-state index in [9.17, 15) is 4.79 Å². The van der Waals surface area contributed by atoms with Crippen molar-refractivity contribution in [2.75, 3.05) is 32.7 Å². The zero-order valence-electron chi connectivity index (χ0n) is 19.3. The molecule has 1 fully saturated rings. The van der Waals surface area contributed by atoms with Crippen LogP contribution in [0.2, 0.25) is 5.02 Å². The molecule has 2 aromatic heterocycles. The fourth-order valence-electron chi connectivity index (χ4n) is 4.02. The van der Waals surface area contributed by atoms with Gasteiger partial charge in [-0.1, -0.05) is 60.6 Å². The molecule has 180 valence electrons. The van der Waals surface area contributed by atoms with E-state index in [2.05, 4.69) is 27.0 Å². The predicted octanol–water partition coefficient (Wildman–Crippen LogP) is 4.65. The minimum absolute atomic E-state index is 0.0887. The van der Waals surface area contributed by atoms with Crippen molar-refractivity contribution >= 4 is 29.3 Å². The van der Waals surface area contributed by atoms with Crippen molar-refractivity contribution in [1.82, 2.24) is 29.5 Å². The average molecular weight is 509 g/mol. The number of rotatable bonds is 7. The van der Waals surface area contributed by atoms with Crippen LogP contribution in [-0.4, -0.2) is 68.2 Å². The lowest BCUT2D eigenvalue weighted by atomic mass is 10.2. The number of carbonyl (C=O) groups is 1. The van der Waals surface area contributed by atoms with Gasteiger partial charge in [0.15, 0.2) is 16.7 Å². The fourth-order valence-corrected chi connectivity index (χ4v) is 5.05. The SMILES string of the molecule is CCN1CCN(C(=O)c2coc(CSc3nnc(-c4ccccc4Cl)n3-c3ccccc3)n2)CC1. The summed E-state index contributed by atoms with van der Waals surface area (Å²) in [6.45, 7) is 6.30. The maximum absolute atomic E-state index is 12.9. The van der Waals surface area contributed by atoms with Crippen molar-refractivity contribution in [3.63, 3.8) is 0 Å². The number of piperazine rings is 1. The van der Waals surface area contributed by atoms with E-state index >= 15 is 0 Å². The molecule has 8 nitrogen and oxygen atoms in total. The van der Waals surface area contributed by atoms with E-state index in [1.807, 2.05) is 64.1 Å². The van der Waals surface area contributed by atoms with Crippen LogP contribution in [0.3, 0.4) is 0 Å². The van der Waals surface area contributed by atoms with E-state index in [0.717, 1.165) is 30.9 Å². The smallest absolute Gasteiger partial charge is 0.275 e. The van der Waals surface area contributed by atoms with Gasteiger partial charge < -0.3 is 14.2 Å². The third-order valence-corrected chi connectivity index (χ3v) is 7.21. The highest BCUT2D eigenvalue weighted by Crippen LogP contribution is 2.32. The van der Waals surface area contributed by atoms with Crippen molar-refractivity contribution in [3.8, 4) is 17.1 Å². The first-order valence-corrected chi connectivity index (χ1v) is 12.8. The van der Waals surface area contributed by atoms with Gasteiger partial charge in [0.1, 0.15) is 6.26 Å². The van der Waals surface area contributed by atoms with Gasteiger partial charge in [-0.15, -0.1) is 10.2 Å². The van der Waals surface area contributed by atoms with Crippen molar-refractivity contribution in [2.24, 2.45) is 0 Å². The molecule has 0 bridgehead atoms. The first-order valence-electron chi connectivity index (χ1n) is 11.5. The van der Waals surface area contributed by atoms with Crippen molar-refractivity contribution in [2.45, 2.75) is 17.8 Å². The summed E-state index contributed by atoms with van der Waals surface area (Å²) in [5, 5.41) is 10.1. The zero-order chi connectivity index (χ0) is 24.2. The number of amides is 1. The number of benzene rings is 2. The Morgan fingerprint density at radius 1 is 1.03 bits per heavy atom. The molecule has 0 saturated carbocycles. The molecule has 1 aliphatic rings. The number of carbonyl (C=O) groups excluding carboxylic acids is 1. The Balaban J connectivity index is 1.34. The Bertz CT molecular complexity index is 1300. The second-order valence-electron chi connectivity index (χ2n) is 8.10. The highest BCUT2D eigenvalue weighted by Gasteiger charge is 2.24. The van der Waals surface area contributed by atoms with Crippen LogP contribution in [-0.2, 0) is 5.75 Å². The summed E-state index contributed by atoms with van der Waals surface area (Å²) < 4.78 is 7.59. The minimum Gasteiger partial charge on any atom is -0.447 e. The maximum atomic E-state index is 12.9. The molecule has 10 heteroatoms. The van der Waals surface area contributed by atoms with Gasteiger partial charge >= 0.3 is 0 Å². The Hall–Kier alpha value is -3.14. The lowest BCUT2D eigenvalue weighted by Gasteiger charge is -2.33. The van der Waals surface area contributed by atoms with Crippen LogP contribution in [0.1, 0.15) is 23.3 Å². The molecule has 0 atom stereocenters. The first-order chi connectivity index (χ1) is 17.1. The number of hydrogen-bond acceptors (Lipinski definition) is 7. The van der Waals surface area contributed by atoms with E-state index in [1.54, 1.807) is 0 Å². The van der Waals surface area contributed by atoms with Crippen LogP contribution in [0.15, 0.2) is 70.4 Å². The molecule has 4 aromatic rings. The molecule has 1 aliphatic heterocycles. The Morgan fingerprint density at radius 3 is 2.51 bits per heavy atom. The van der Waals surface area contributed by atoms with Crippen LogP contribution in [0.25, 0.3) is 17.1 Å². The molecular weight excluding hydrogens is 484 g/mol. The summed E-state index contributed by atoms with van der Waals surface area (Å²) in [6, 6.07) is 17.4. The molecule has 0 spiro atoms. The van der Waals surface area contributed by atoms with Crippen molar-refractivity contribution < 1.29 is 9.21 Å². The van der Waals surface area contributed by atoms with Crippen LogP contribution >= 0.6 is 23.4 Å². The molecule has 1 saturated heterocycles. The Kier molecular flexibility index (Phi) is 7.17. The summed E-state index contributed by atoms with van der Waals surface area (Å²) in [5.41, 5.74) is 2.06. The van der Waals surface area contributed by atoms with E-state index < -0.39 is 0 Å². The predicted molar refractivity (Wildman–Crippen MR) is 136 cm³/mol. The number of aromatic nitrogens is 4. The van der Waals surface area contributed by atoms with Gasteiger partial charge in [0.2, 0.25) is 5.89 Å². The zero-order valence-corrected chi connectivity index (χ0v) is 20.9. The summed E-state index contributed by atoms with van der Waals surface area (Å²) in [6.07, 6.45) is 1.45. The Labute approximate surface area is 212 Å². The van der Waals surface area contributed by atoms with Gasteiger partial charge in [-0.3, -0.25) is 9.36 Å². The molecule has 0 unspecified atom stereocenters. The van der Waals surface area contributed by atoms with Gasteiger partial charge in [-0.25, -0.2) is 4.98 Å².